The van der Waals surface area contributed by atoms with Gasteiger partial charge < -0.3 is 19.5 Å². The summed E-state index contributed by atoms with van der Waals surface area (Å²) in [6.45, 7) is 1.80. The Hall–Kier alpha value is -2.19. The second-order valence-corrected chi connectivity index (χ2v) is 7.41. The van der Waals surface area contributed by atoms with Crippen molar-refractivity contribution < 1.29 is 23.8 Å². The van der Waals surface area contributed by atoms with Crippen LogP contribution >= 0.6 is 27.7 Å². The molecule has 0 atom stereocenters. The van der Waals surface area contributed by atoms with Crippen LogP contribution in [0.1, 0.15) is 5.56 Å². The van der Waals surface area contributed by atoms with Gasteiger partial charge in [-0.25, -0.2) is 0 Å². The Morgan fingerprint density at radius 2 is 2.00 bits per heavy atom. The summed E-state index contributed by atoms with van der Waals surface area (Å²) in [5.41, 5.74) is 1.62. The lowest BCUT2D eigenvalue weighted by Crippen LogP contribution is -2.21. The zero-order valence-corrected chi connectivity index (χ0v) is 16.3. The molecular formula is C18H16BrNO5S. The number of esters is 1. The van der Waals surface area contributed by atoms with Gasteiger partial charge in [0.2, 0.25) is 6.79 Å². The third kappa shape index (κ3) is 4.92. The number of ether oxygens (including phenoxy) is 3. The molecule has 26 heavy (non-hydrogen) atoms. The predicted molar refractivity (Wildman–Crippen MR) is 102 cm³/mol. The molecule has 136 valence electrons. The normalized spacial score (nSPS) is 11.9. The van der Waals surface area contributed by atoms with Crippen molar-refractivity contribution in [2.75, 3.05) is 24.5 Å². The van der Waals surface area contributed by atoms with E-state index >= 15 is 0 Å². The average molecular weight is 438 g/mol. The number of fused-ring (bicyclic) bond motifs is 1. The molecule has 0 radical (unpaired) electrons. The molecule has 8 heteroatoms. The van der Waals surface area contributed by atoms with Gasteiger partial charge in [-0.15, -0.1) is 11.8 Å². The fourth-order valence-corrected chi connectivity index (χ4v) is 3.55. The molecule has 2 aromatic rings. The van der Waals surface area contributed by atoms with Crippen LogP contribution in [0.3, 0.4) is 0 Å². The van der Waals surface area contributed by atoms with E-state index in [1.807, 2.05) is 25.1 Å². The van der Waals surface area contributed by atoms with E-state index in [4.69, 9.17) is 14.2 Å². The number of benzene rings is 2. The van der Waals surface area contributed by atoms with Crippen molar-refractivity contribution in [2.45, 2.75) is 11.8 Å². The highest BCUT2D eigenvalue weighted by Gasteiger charge is 2.15. The molecule has 2 aromatic carbocycles. The molecule has 0 aliphatic carbocycles. The molecule has 0 fully saturated rings. The van der Waals surface area contributed by atoms with Gasteiger partial charge in [-0.1, -0.05) is 15.9 Å². The fourth-order valence-electron chi connectivity index (χ4n) is 2.27. The summed E-state index contributed by atoms with van der Waals surface area (Å²) in [7, 11) is 0. The first-order chi connectivity index (χ1) is 12.5. The first-order valence-corrected chi connectivity index (χ1v) is 9.53. The number of thioether (sulfide) groups is 1. The van der Waals surface area contributed by atoms with E-state index in [1.165, 1.54) is 11.8 Å². The molecule has 1 heterocycles. The molecule has 0 aromatic heterocycles. The van der Waals surface area contributed by atoms with Crippen molar-refractivity contribution in [3.63, 3.8) is 0 Å². The summed E-state index contributed by atoms with van der Waals surface area (Å²) in [5.74, 6) is 0.482. The van der Waals surface area contributed by atoms with Gasteiger partial charge in [-0.2, -0.15) is 0 Å². The smallest absolute Gasteiger partial charge is 0.316 e. The Kier molecular flexibility index (Phi) is 6.05. The van der Waals surface area contributed by atoms with Crippen LogP contribution in [0.25, 0.3) is 0 Å². The van der Waals surface area contributed by atoms with Crippen LogP contribution in [0.4, 0.5) is 5.69 Å². The van der Waals surface area contributed by atoms with Crippen LogP contribution in [-0.4, -0.2) is 31.0 Å². The maximum Gasteiger partial charge on any atom is 0.316 e. The molecule has 3 rings (SSSR count). The Bertz CT molecular complexity index is 842. The van der Waals surface area contributed by atoms with Crippen LogP contribution in [0, 0.1) is 6.92 Å². The highest BCUT2D eigenvalue weighted by molar-refractivity contribution is 9.10. The zero-order valence-electron chi connectivity index (χ0n) is 13.9. The Morgan fingerprint density at radius 3 is 2.81 bits per heavy atom. The number of hydrogen-bond donors (Lipinski definition) is 1. The first-order valence-electron chi connectivity index (χ1n) is 7.75. The number of halogens is 1. The van der Waals surface area contributed by atoms with Crippen molar-refractivity contribution in [2.24, 2.45) is 0 Å². The van der Waals surface area contributed by atoms with E-state index in [0.29, 0.717) is 17.2 Å². The molecule has 0 saturated carbocycles. The standard InChI is InChI=1S/C18H16BrNO5S/c1-11-6-12(19)2-5-16(11)26-9-18(22)23-8-17(21)20-13-3-4-14-15(7-13)25-10-24-14/h2-7H,8-10H2,1H3,(H,20,21). The lowest BCUT2D eigenvalue weighted by molar-refractivity contribution is -0.144. The van der Waals surface area contributed by atoms with Crippen molar-refractivity contribution in [3.05, 3.63) is 46.4 Å². The van der Waals surface area contributed by atoms with Gasteiger partial charge in [0, 0.05) is 21.1 Å². The van der Waals surface area contributed by atoms with Crippen molar-refractivity contribution in [1.82, 2.24) is 0 Å². The largest absolute Gasteiger partial charge is 0.455 e. The number of hydrogen-bond acceptors (Lipinski definition) is 6. The fraction of sp³-hybridized carbons (Fsp3) is 0.222. The Balaban J connectivity index is 1.43. The van der Waals surface area contributed by atoms with Gasteiger partial charge in [0.05, 0.1) is 5.75 Å². The van der Waals surface area contributed by atoms with Crippen molar-refractivity contribution >= 4 is 45.3 Å². The molecule has 1 aliphatic rings. The Labute approximate surface area is 163 Å². The quantitative estimate of drug-likeness (QED) is 0.547. The summed E-state index contributed by atoms with van der Waals surface area (Å²) in [4.78, 5) is 24.7. The van der Waals surface area contributed by atoms with Crippen LogP contribution in [0.5, 0.6) is 11.5 Å². The molecular weight excluding hydrogens is 422 g/mol. The lowest BCUT2D eigenvalue weighted by Gasteiger charge is -2.08. The highest BCUT2D eigenvalue weighted by atomic mass is 79.9. The lowest BCUT2D eigenvalue weighted by atomic mass is 10.2. The summed E-state index contributed by atoms with van der Waals surface area (Å²) in [6.07, 6.45) is 0. The molecule has 0 saturated heterocycles. The number of anilines is 1. The summed E-state index contributed by atoms with van der Waals surface area (Å²) in [6, 6.07) is 10.9. The van der Waals surface area contributed by atoms with E-state index in [9.17, 15) is 9.59 Å². The maximum absolute atomic E-state index is 11.9. The van der Waals surface area contributed by atoms with Gasteiger partial charge in [-0.3, -0.25) is 9.59 Å². The summed E-state index contributed by atoms with van der Waals surface area (Å²) in [5, 5.41) is 2.65. The Morgan fingerprint density at radius 1 is 1.19 bits per heavy atom. The van der Waals surface area contributed by atoms with Crippen LogP contribution in [0.2, 0.25) is 0 Å². The number of amides is 1. The van der Waals surface area contributed by atoms with E-state index in [0.717, 1.165) is 14.9 Å². The van der Waals surface area contributed by atoms with E-state index < -0.39 is 11.9 Å². The minimum atomic E-state index is -0.446. The summed E-state index contributed by atoms with van der Waals surface area (Å²) < 4.78 is 16.5. The molecule has 0 unspecified atom stereocenters. The number of rotatable bonds is 6. The number of aryl methyl sites for hydroxylation is 1. The monoisotopic (exact) mass is 437 g/mol. The maximum atomic E-state index is 11.9. The van der Waals surface area contributed by atoms with E-state index in [1.54, 1.807) is 18.2 Å². The molecule has 0 bridgehead atoms. The van der Waals surface area contributed by atoms with Crippen LogP contribution < -0.4 is 14.8 Å². The number of carbonyl (C=O) groups is 2. The van der Waals surface area contributed by atoms with Crippen LogP contribution in [-0.2, 0) is 14.3 Å². The third-order valence-corrected chi connectivity index (χ3v) is 5.15. The number of nitrogens with one attached hydrogen (secondary N) is 1. The predicted octanol–water partition coefficient (Wildman–Crippen LogP) is 3.76. The topological polar surface area (TPSA) is 73.9 Å². The minimum Gasteiger partial charge on any atom is -0.455 e. The van der Waals surface area contributed by atoms with Crippen molar-refractivity contribution in [3.8, 4) is 11.5 Å². The average Bonchev–Trinajstić information content (AvgIpc) is 3.07. The van der Waals surface area contributed by atoms with Crippen molar-refractivity contribution in [1.29, 1.82) is 0 Å². The highest BCUT2D eigenvalue weighted by Crippen LogP contribution is 2.34. The molecule has 1 aliphatic heterocycles. The molecule has 0 spiro atoms. The third-order valence-electron chi connectivity index (χ3n) is 3.50. The van der Waals surface area contributed by atoms with Gasteiger partial charge in [-0.05, 0) is 42.8 Å². The van der Waals surface area contributed by atoms with Gasteiger partial charge >= 0.3 is 5.97 Å². The van der Waals surface area contributed by atoms with E-state index in [2.05, 4.69) is 21.2 Å². The van der Waals surface area contributed by atoms with E-state index in [-0.39, 0.29) is 19.2 Å². The van der Waals surface area contributed by atoms with Gasteiger partial charge in [0.15, 0.2) is 18.1 Å². The summed E-state index contributed by atoms with van der Waals surface area (Å²) >= 11 is 4.78. The number of carbonyl (C=O) groups excluding carboxylic acids is 2. The van der Waals surface area contributed by atoms with Gasteiger partial charge in [0.25, 0.3) is 5.91 Å². The second kappa shape index (κ2) is 8.46. The molecule has 6 nitrogen and oxygen atoms in total. The molecule has 1 amide bonds. The minimum absolute atomic E-state index is 0.139. The van der Waals surface area contributed by atoms with Gasteiger partial charge in [0.1, 0.15) is 0 Å². The molecule has 1 N–H and O–H groups in total. The second-order valence-electron chi connectivity index (χ2n) is 5.48. The van der Waals surface area contributed by atoms with Crippen LogP contribution in [0.15, 0.2) is 45.8 Å². The SMILES string of the molecule is Cc1cc(Br)ccc1SCC(=O)OCC(=O)Nc1ccc2c(c1)OCO2. The zero-order chi connectivity index (χ0) is 18.5. The first kappa shape index (κ1) is 18.6.